The predicted molar refractivity (Wildman–Crippen MR) is 68.3 cm³/mol. The zero-order chi connectivity index (χ0) is 12.1. The Morgan fingerprint density at radius 1 is 1.44 bits per heavy atom. The van der Waals surface area contributed by atoms with Crippen LogP contribution in [-0.2, 0) is 4.79 Å². The molecular weight excluding hydrogens is 321 g/mol. The number of rotatable bonds is 4. The highest BCUT2D eigenvalue weighted by Gasteiger charge is 2.19. The van der Waals surface area contributed by atoms with E-state index in [2.05, 4.69) is 5.32 Å². The molecule has 2 N–H and O–H groups in total. The Hall–Kier alpha value is -1.11. The summed E-state index contributed by atoms with van der Waals surface area (Å²) in [4.78, 5) is 22.5. The molecule has 1 amide bonds. The monoisotopic (exact) mass is 333 g/mol. The predicted octanol–water partition coefficient (Wildman–Crippen LogP) is 1.88. The van der Waals surface area contributed by atoms with Gasteiger partial charge in [-0.3, -0.25) is 4.79 Å². The van der Waals surface area contributed by atoms with Crippen molar-refractivity contribution >= 4 is 34.5 Å². The first kappa shape index (κ1) is 13.0. The second-order valence-corrected chi connectivity index (χ2v) is 4.41. The largest absolute Gasteiger partial charge is 0.480 e. The Balaban J connectivity index is 2.80. The molecule has 0 aliphatic carbocycles. The number of carboxylic acid groups (broad SMARTS) is 1. The van der Waals surface area contributed by atoms with Gasteiger partial charge in [0.15, 0.2) is 0 Å². The maximum atomic E-state index is 11.8. The minimum absolute atomic E-state index is 0.348. The summed E-state index contributed by atoms with van der Waals surface area (Å²) in [7, 11) is 0. The van der Waals surface area contributed by atoms with Crippen molar-refractivity contribution in [1.82, 2.24) is 5.32 Å². The minimum Gasteiger partial charge on any atom is -0.480 e. The average molecular weight is 333 g/mol. The minimum atomic E-state index is -1.01. The van der Waals surface area contributed by atoms with Crippen LogP contribution in [0.2, 0.25) is 0 Å². The molecule has 0 aliphatic rings. The van der Waals surface area contributed by atoms with Crippen molar-refractivity contribution in [3.8, 4) is 0 Å². The summed E-state index contributed by atoms with van der Waals surface area (Å²) in [5.74, 6) is -1.36. The van der Waals surface area contributed by atoms with E-state index in [4.69, 9.17) is 5.11 Å². The highest BCUT2D eigenvalue weighted by Crippen LogP contribution is 2.11. The summed E-state index contributed by atoms with van der Waals surface area (Å²) >= 11 is 2.04. The van der Waals surface area contributed by atoms with Crippen molar-refractivity contribution < 1.29 is 14.7 Å². The zero-order valence-corrected chi connectivity index (χ0v) is 10.9. The molecule has 5 heteroatoms. The van der Waals surface area contributed by atoms with E-state index in [1.807, 2.05) is 28.7 Å². The first-order chi connectivity index (χ1) is 7.56. The number of hydrogen-bond acceptors (Lipinski definition) is 2. The van der Waals surface area contributed by atoms with E-state index in [1.165, 1.54) is 0 Å². The standard InChI is InChI=1S/C11H12INO3/c1-2-9(11(15)16)13-10(14)7-5-3-4-6-8(7)12/h3-6,9H,2H2,1H3,(H,13,14)(H,15,16)/t9-/m1/s1. The number of nitrogens with one attached hydrogen (secondary N) is 1. The molecule has 0 aliphatic heterocycles. The molecule has 0 spiro atoms. The molecule has 0 fully saturated rings. The molecule has 1 atom stereocenters. The molecule has 0 saturated carbocycles. The van der Waals surface area contributed by atoms with Gasteiger partial charge in [-0.25, -0.2) is 4.79 Å². The fourth-order valence-corrected chi connectivity index (χ4v) is 1.85. The van der Waals surface area contributed by atoms with Gasteiger partial charge in [-0.15, -0.1) is 0 Å². The Labute approximate surface area is 107 Å². The van der Waals surface area contributed by atoms with Crippen LogP contribution in [-0.4, -0.2) is 23.0 Å². The molecule has 0 radical (unpaired) electrons. The number of halogens is 1. The van der Waals surface area contributed by atoms with Gasteiger partial charge in [0.05, 0.1) is 5.56 Å². The lowest BCUT2D eigenvalue weighted by atomic mass is 10.1. The fraction of sp³-hybridized carbons (Fsp3) is 0.273. The second kappa shape index (κ2) is 5.83. The molecule has 16 heavy (non-hydrogen) atoms. The molecule has 0 heterocycles. The van der Waals surface area contributed by atoms with Crippen molar-refractivity contribution in [3.63, 3.8) is 0 Å². The molecule has 1 aromatic carbocycles. The van der Waals surface area contributed by atoms with Gasteiger partial charge in [0, 0.05) is 3.57 Å². The molecule has 1 rings (SSSR count). The van der Waals surface area contributed by atoms with E-state index >= 15 is 0 Å². The highest BCUT2D eigenvalue weighted by molar-refractivity contribution is 14.1. The number of aliphatic carboxylic acids is 1. The van der Waals surface area contributed by atoms with Crippen LogP contribution in [0.3, 0.4) is 0 Å². The summed E-state index contributed by atoms with van der Waals surface area (Å²) in [5.41, 5.74) is 0.503. The third-order valence-electron chi connectivity index (χ3n) is 2.13. The van der Waals surface area contributed by atoms with Crippen LogP contribution in [0.4, 0.5) is 0 Å². The van der Waals surface area contributed by atoms with Gasteiger partial charge in [-0.05, 0) is 41.1 Å². The van der Waals surface area contributed by atoms with Crippen molar-refractivity contribution in [2.45, 2.75) is 19.4 Å². The molecule has 0 aromatic heterocycles. The summed E-state index contributed by atoms with van der Waals surface area (Å²) in [5, 5.41) is 11.3. The van der Waals surface area contributed by atoms with Crippen LogP contribution in [0.15, 0.2) is 24.3 Å². The van der Waals surface area contributed by atoms with Gasteiger partial charge in [0.25, 0.3) is 5.91 Å². The smallest absolute Gasteiger partial charge is 0.326 e. The van der Waals surface area contributed by atoms with E-state index in [1.54, 1.807) is 25.1 Å². The maximum Gasteiger partial charge on any atom is 0.326 e. The topological polar surface area (TPSA) is 66.4 Å². The van der Waals surface area contributed by atoms with E-state index in [9.17, 15) is 9.59 Å². The van der Waals surface area contributed by atoms with Crippen LogP contribution in [0.25, 0.3) is 0 Å². The molecule has 0 bridgehead atoms. The first-order valence-corrected chi connectivity index (χ1v) is 5.92. The third-order valence-corrected chi connectivity index (χ3v) is 3.07. The lowest BCUT2D eigenvalue weighted by molar-refractivity contribution is -0.139. The number of benzene rings is 1. The normalized spacial score (nSPS) is 11.9. The number of carboxylic acids is 1. The quantitative estimate of drug-likeness (QED) is 0.827. The zero-order valence-electron chi connectivity index (χ0n) is 8.74. The van der Waals surface area contributed by atoms with Crippen molar-refractivity contribution in [2.24, 2.45) is 0 Å². The number of hydrogen-bond donors (Lipinski definition) is 2. The lowest BCUT2D eigenvalue weighted by Crippen LogP contribution is -2.40. The summed E-state index contributed by atoms with van der Waals surface area (Å²) in [6.45, 7) is 1.72. The Morgan fingerprint density at radius 2 is 2.06 bits per heavy atom. The van der Waals surface area contributed by atoms with E-state index in [-0.39, 0.29) is 5.91 Å². The fourth-order valence-electron chi connectivity index (χ4n) is 1.22. The molecule has 86 valence electrons. The van der Waals surface area contributed by atoms with Crippen LogP contribution in [0, 0.1) is 3.57 Å². The van der Waals surface area contributed by atoms with Crippen LogP contribution in [0.5, 0.6) is 0 Å². The Morgan fingerprint density at radius 3 is 2.56 bits per heavy atom. The number of amides is 1. The maximum absolute atomic E-state index is 11.8. The van der Waals surface area contributed by atoms with E-state index in [0.29, 0.717) is 12.0 Å². The average Bonchev–Trinajstić information content (AvgIpc) is 2.25. The molecule has 0 unspecified atom stereocenters. The van der Waals surface area contributed by atoms with E-state index in [0.717, 1.165) is 3.57 Å². The number of carbonyl (C=O) groups excluding carboxylic acids is 1. The Kier molecular flexibility index (Phi) is 4.72. The van der Waals surface area contributed by atoms with Crippen molar-refractivity contribution in [1.29, 1.82) is 0 Å². The van der Waals surface area contributed by atoms with Gasteiger partial charge in [-0.1, -0.05) is 19.1 Å². The van der Waals surface area contributed by atoms with Crippen LogP contribution >= 0.6 is 22.6 Å². The lowest BCUT2D eigenvalue weighted by Gasteiger charge is -2.12. The molecule has 1 aromatic rings. The van der Waals surface area contributed by atoms with Crippen molar-refractivity contribution in [3.05, 3.63) is 33.4 Å². The molecule has 4 nitrogen and oxygen atoms in total. The molecule has 0 saturated heterocycles. The summed E-state index contributed by atoms with van der Waals surface area (Å²) < 4.78 is 0.804. The van der Waals surface area contributed by atoms with Crippen LogP contribution in [0.1, 0.15) is 23.7 Å². The first-order valence-electron chi connectivity index (χ1n) is 4.84. The van der Waals surface area contributed by atoms with Gasteiger partial charge in [0.2, 0.25) is 0 Å². The van der Waals surface area contributed by atoms with E-state index < -0.39 is 12.0 Å². The summed E-state index contributed by atoms with van der Waals surface area (Å²) in [6.07, 6.45) is 0.366. The van der Waals surface area contributed by atoms with Gasteiger partial charge >= 0.3 is 5.97 Å². The molecular formula is C11H12INO3. The number of carbonyl (C=O) groups is 2. The highest BCUT2D eigenvalue weighted by atomic mass is 127. The van der Waals surface area contributed by atoms with Gasteiger partial charge in [0.1, 0.15) is 6.04 Å². The Bertz CT molecular complexity index is 406. The van der Waals surface area contributed by atoms with Crippen LogP contribution < -0.4 is 5.32 Å². The van der Waals surface area contributed by atoms with Gasteiger partial charge in [-0.2, -0.15) is 0 Å². The SMILES string of the molecule is CC[C@@H](NC(=O)c1ccccc1I)C(=O)O. The third kappa shape index (κ3) is 3.19. The van der Waals surface area contributed by atoms with Crippen molar-refractivity contribution in [2.75, 3.05) is 0 Å². The summed E-state index contributed by atoms with van der Waals surface area (Å²) in [6, 6.07) is 6.22. The van der Waals surface area contributed by atoms with Gasteiger partial charge < -0.3 is 10.4 Å². The second-order valence-electron chi connectivity index (χ2n) is 3.25.